The maximum atomic E-state index is 4.03. The lowest BCUT2D eigenvalue weighted by Crippen LogP contribution is -2.37. The molecule has 18 heavy (non-hydrogen) atoms. The number of H-pyrrole nitrogens is 1. The molecule has 0 amide bonds. The van der Waals surface area contributed by atoms with Crippen molar-refractivity contribution in [3.8, 4) is 0 Å². The van der Waals surface area contributed by atoms with Crippen LogP contribution in [0.2, 0.25) is 0 Å². The molecule has 2 N–H and O–H groups in total. The molecule has 0 bridgehead atoms. The normalized spacial score (nSPS) is 25.6. The standard InChI is InChI=1S/C15H25N3/c1-12(13-10-16-17-11-13)18-14-4-8-15(9-5-14)6-2-3-7-15/h10-12,14,18H,2-9H2,1H3,(H,16,17). The SMILES string of the molecule is CC(NC1CCC2(CCCC2)CC1)c1cn[nH]c1. The van der Waals surface area contributed by atoms with E-state index in [4.69, 9.17) is 0 Å². The molecule has 1 aromatic heterocycles. The summed E-state index contributed by atoms with van der Waals surface area (Å²) in [7, 11) is 0. The van der Waals surface area contributed by atoms with Crippen LogP contribution < -0.4 is 5.32 Å². The Bertz CT molecular complexity index is 355. The van der Waals surface area contributed by atoms with Crippen LogP contribution in [0.25, 0.3) is 0 Å². The summed E-state index contributed by atoms with van der Waals surface area (Å²) in [5, 5.41) is 10.7. The van der Waals surface area contributed by atoms with Crippen molar-refractivity contribution in [1.82, 2.24) is 15.5 Å². The third-order valence-corrected chi connectivity index (χ3v) is 5.22. The van der Waals surface area contributed by atoms with Crippen LogP contribution in [0.1, 0.15) is 69.9 Å². The van der Waals surface area contributed by atoms with E-state index in [0.29, 0.717) is 12.1 Å². The van der Waals surface area contributed by atoms with Gasteiger partial charge in [0, 0.05) is 23.8 Å². The van der Waals surface area contributed by atoms with E-state index in [0.717, 1.165) is 5.41 Å². The lowest BCUT2D eigenvalue weighted by atomic mass is 9.71. The van der Waals surface area contributed by atoms with E-state index < -0.39 is 0 Å². The number of aromatic nitrogens is 2. The van der Waals surface area contributed by atoms with Gasteiger partial charge in [0.05, 0.1) is 6.20 Å². The number of hydrogen-bond donors (Lipinski definition) is 2. The Hall–Kier alpha value is -0.830. The van der Waals surface area contributed by atoms with Crippen molar-refractivity contribution < 1.29 is 0 Å². The Labute approximate surface area is 110 Å². The molecular weight excluding hydrogens is 222 g/mol. The van der Waals surface area contributed by atoms with Crippen molar-refractivity contribution in [1.29, 1.82) is 0 Å². The third kappa shape index (κ3) is 2.46. The van der Waals surface area contributed by atoms with Crippen LogP contribution in [0.4, 0.5) is 0 Å². The summed E-state index contributed by atoms with van der Waals surface area (Å²) >= 11 is 0. The average Bonchev–Trinajstić information content (AvgIpc) is 3.04. The lowest BCUT2D eigenvalue weighted by Gasteiger charge is -2.38. The molecule has 1 aromatic rings. The summed E-state index contributed by atoms with van der Waals surface area (Å²) in [6.45, 7) is 2.24. The van der Waals surface area contributed by atoms with Gasteiger partial charge in [-0.2, -0.15) is 5.10 Å². The second kappa shape index (κ2) is 5.04. The van der Waals surface area contributed by atoms with E-state index in [-0.39, 0.29) is 0 Å². The van der Waals surface area contributed by atoms with E-state index >= 15 is 0 Å². The molecule has 2 saturated carbocycles. The number of nitrogens with zero attached hydrogens (tertiary/aromatic N) is 1. The molecular formula is C15H25N3. The summed E-state index contributed by atoms with van der Waals surface area (Å²) in [5.41, 5.74) is 2.02. The molecule has 0 aliphatic heterocycles. The van der Waals surface area contributed by atoms with Crippen LogP contribution in [-0.4, -0.2) is 16.2 Å². The summed E-state index contributed by atoms with van der Waals surface area (Å²) in [6.07, 6.45) is 15.5. The minimum atomic E-state index is 0.423. The fourth-order valence-corrected chi connectivity index (χ4v) is 3.97. The molecule has 0 aromatic carbocycles. The fraction of sp³-hybridized carbons (Fsp3) is 0.800. The second-order valence-electron chi connectivity index (χ2n) is 6.40. The van der Waals surface area contributed by atoms with E-state index in [2.05, 4.69) is 22.4 Å². The topological polar surface area (TPSA) is 40.7 Å². The first-order valence-electron chi connectivity index (χ1n) is 7.52. The van der Waals surface area contributed by atoms with Crippen molar-refractivity contribution in [2.24, 2.45) is 5.41 Å². The van der Waals surface area contributed by atoms with Crippen LogP contribution in [0, 0.1) is 5.41 Å². The Morgan fingerprint density at radius 2 is 2.00 bits per heavy atom. The van der Waals surface area contributed by atoms with E-state index in [1.807, 2.05) is 12.4 Å². The van der Waals surface area contributed by atoms with E-state index in [1.54, 1.807) is 0 Å². The number of aromatic amines is 1. The quantitative estimate of drug-likeness (QED) is 0.857. The molecule has 2 aliphatic carbocycles. The molecule has 2 fully saturated rings. The van der Waals surface area contributed by atoms with Gasteiger partial charge >= 0.3 is 0 Å². The van der Waals surface area contributed by atoms with Crippen molar-refractivity contribution in [2.45, 2.75) is 70.4 Å². The van der Waals surface area contributed by atoms with Crippen LogP contribution >= 0.6 is 0 Å². The zero-order valence-corrected chi connectivity index (χ0v) is 11.4. The highest BCUT2D eigenvalue weighted by molar-refractivity contribution is 5.08. The molecule has 1 atom stereocenters. The Balaban J connectivity index is 1.51. The maximum absolute atomic E-state index is 4.03. The highest BCUT2D eigenvalue weighted by Gasteiger charge is 2.37. The molecule has 100 valence electrons. The Morgan fingerprint density at radius 3 is 2.61 bits per heavy atom. The first kappa shape index (κ1) is 12.2. The van der Waals surface area contributed by atoms with Gasteiger partial charge in [-0.15, -0.1) is 0 Å². The van der Waals surface area contributed by atoms with Crippen LogP contribution in [0.15, 0.2) is 12.4 Å². The molecule has 0 saturated heterocycles. The van der Waals surface area contributed by atoms with E-state index in [1.165, 1.54) is 56.9 Å². The molecule has 1 spiro atoms. The van der Waals surface area contributed by atoms with Gasteiger partial charge < -0.3 is 5.32 Å². The second-order valence-corrected chi connectivity index (χ2v) is 6.40. The first-order chi connectivity index (χ1) is 8.77. The van der Waals surface area contributed by atoms with Gasteiger partial charge in [-0.25, -0.2) is 0 Å². The molecule has 1 heterocycles. The summed E-state index contributed by atoms with van der Waals surface area (Å²) in [5.74, 6) is 0. The highest BCUT2D eigenvalue weighted by Crippen LogP contribution is 2.49. The minimum Gasteiger partial charge on any atom is -0.307 e. The van der Waals surface area contributed by atoms with Crippen molar-refractivity contribution in [3.63, 3.8) is 0 Å². The smallest absolute Gasteiger partial charge is 0.0534 e. The fourth-order valence-electron chi connectivity index (χ4n) is 3.97. The predicted octanol–water partition coefficient (Wildman–Crippen LogP) is 3.56. The zero-order valence-electron chi connectivity index (χ0n) is 11.4. The van der Waals surface area contributed by atoms with Crippen molar-refractivity contribution >= 4 is 0 Å². The molecule has 1 unspecified atom stereocenters. The van der Waals surface area contributed by atoms with Crippen molar-refractivity contribution in [2.75, 3.05) is 0 Å². The third-order valence-electron chi connectivity index (χ3n) is 5.22. The molecule has 3 rings (SSSR count). The predicted molar refractivity (Wildman–Crippen MR) is 73.3 cm³/mol. The van der Waals surface area contributed by atoms with Gasteiger partial charge in [0.25, 0.3) is 0 Å². The van der Waals surface area contributed by atoms with Gasteiger partial charge in [0.2, 0.25) is 0 Å². The Kier molecular flexibility index (Phi) is 3.42. The monoisotopic (exact) mass is 247 g/mol. The largest absolute Gasteiger partial charge is 0.307 e. The minimum absolute atomic E-state index is 0.423. The summed E-state index contributed by atoms with van der Waals surface area (Å²) < 4.78 is 0. The summed E-state index contributed by atoms with van der Waals surface area (Å²) in [6, 6.07) is 1.13. The van der Waals surface area contributed by atoms with Gasteiger partial charge in [-0.3, -0.25) is 5.10 Å². The number of rotatable bonds is 3. The summed E-state index contributed by atoms with van der Waals surface area (Å²) in [4.78, 5) is 0. The van der Waals surface area contributed by atoms with Gasteiger partial charge in [0.15, 0.2) is 0 Å². The van der Waals surface area contributed by atoms with Gasteiger partial charge in [-0.1, -0.05) is 12.8 Å². The molecule has 3 nitrogen and oxygen atoms in total. The number of hydrogen-bond acceptors (Lipinski definition) is 2. The lowest BCUT2D eigenvalue weighted by molar-refractivity contribution is 0.164. The average molecular weight is 247 g/mol. The van der Waals surface area contributed by atoms with Gasteiger partial charge in [-0.05, 0) is 50.9 Å². The molecule has 0 radical (unpaired) electrons. The zero-order chi connectivity index (χ0) is 12.4. The molecule has 2 aliphatic rings. The maximum Gasteiger partial charge on any atom is 0.0534 e. The van der Waals surface area contributed by atoms with Gasteiger partial charge in [0.1, 0.15) is 0 Å². The van der Waals surface area contributed by atoms with E-state index in [9.17, 15) is 0 Å². The van der Waals surface area contributed by atoms with Crippen LogP contribution in [0.3, 0.4) is 0 Å². The Morgan fingerprint density at radius 1 is 1.28 bits per heavy atom. The highest BCUT2D eigenvalue weighted by atomic mass is 15.1. The van der Waals surface area contributed by atoms with Crippen molar-refractivity contribution in [3.05, 3.63) is 18.0 Å². The first-order valence-corrected chi connectivity index (χ1v) is 7.52. The van der Waals surface area contributed by atoms with Crippen LogP contribution in [0.5, 0.6) is 0 Å². The van der Waals surface area contributed by atoms with Crippen LogP contribution in [-0.2, 0) is 0 Å². The number of nitrogens with one attached hydrogen (secondary N) is 2. The molecule has 3 heteroatoms.